The van der Waals surface area contributed by atoms with E-state index in [9.17, 15) is 4.79 Å². The molecule has 0 spiro atoms. The summed E-state index contributed by atoms with van der Waals surface area (Å²) in [5.74, 6) is 1.83. The number of esters is 1. The first-order valence-corrected chi connectivity index (χ1v) is 9.87. The third-order valence-corrected chi connectivity index (χ3v) is 5.35. The Balaban J connectivity index is 1.73. The van der Waals surface area contributed by atoms with Crippen LogP contribution in [0.15, 0.2) is 65.1 Å². The highest BCUT2D eigenvalue weighted by molar-refractivity contribution is 14.1. The summed E-state index contributed by atoms with van der Waals surface area (Å²) >= 11 is 2.30. The number of furan rings is 1. The lowest BCUT2D eigenvalue weighted by molar-refractivity contribution is -0.128. The van der Waals surface area contributed by atoms with Gasteiger partial charge in [0.05, 0.1) is 0 Å². The van der Waals surface area contributed by atoms with Gasteiger partial charge in [-0.2, -0.15) is 0 Å². The molecule has 0 unspecified atom stereocenters. The molecule has 0 radical (unpaired) electrons. The average Bonchev–Trinajstić information content (AvgIpc) is 3.12. The summed E-state index contributed by atoms with van der Waals surface area (Å²) in [5, 5.41) is 0. The molecule has 1 heterocycles. The SMILES string of the molecule is Cc1cc(OC(=O)C=Cc2ccc(-c3ccccc3)o2)c(C(C)C)cc1I. The molecule has 0 aliphatic heterocycles. The van der Waals surface area contributed by atoms with Crippen LogP contribution in [-0.4, -0.2) is 5.97 Å². The van der Waals surface area contributed by atoms with E-state index in [1.807, 2.05) is 55.5 Å². The van der Waals surface area contributed by atoms with Crippen LogP contribution in [0.4, 0.5) is 0 Å². The highest BCUT2D eigenvalue weighted by Gasteiger charge is 2.13. The molecule has 0 aliphatic rings. The van der Waals surface area contributed by atoms with E-state index >= 15 is 0 Å². The van der Waals surface area contributed by atoms with Crippen molar-refractivity contribution >= 4 is 34.6 Å². The maximum atomic E-state index is 12.3. The minimum absolute atomic E-state index is 0.268. The zero-order valence-corrected chi connectivity index (χ0v) is 17.7. The lowest BCUT2D eigenvalue weighted by atomic mass is 10.0. The average molecular weight is 472 g/mol. The first-order valence-electron chi connectivity index (χ1n) is 8.79. The van der Waals surface area contributed by atoms with E-state index in [0.29, 0.717) is 11.5 Å². The molecule has 138 valence electrons. The van der Waals surface area contributed by atoms with Crippen LogP contribution in [-0.2, 0) is 4.79 Å². The van der Waals surface area contributed by atoms with Gasteiger partial charge in [0.1, 0.15) is 17.3 Å². The number of ether oxygens (including phenoxy) is 1. The van der Waals surface area contributed by atoms with Gasteiger partial charge in [-0.3, -0.25) is 0 Å². The lowest BCUT2D eigenvalue weighted by Gasteiger charge is -2.14. The van der Waals surface area contributed by atoms with Crippen LogP contribution in [0.5, 0.6) is 5.75 Å². The van der Waals surface area contributed by atoms with E-state index in [4.69, 9.17) is 9.15 Å². The van der Waals surface area contributed by atoms with Gasteiger partial charge in [0.2, 0.25) is 0 Å². The van der Waals surface area contributed by atoms with Gasteiger partial charge in [0, 0.05) is 15.2 Å². The fourth-order valence-electron chi connectivity index (χ4n) is 2.70. The van der Waals surface area contributed by atoms with Gasteiger partial charge >= 0.3 is 5.97 Å². The predicted molar refractivity (Wildman–Crippen MR) is 117 cm³/mol. The van der Waals surface area contributed by atoms with Crippen LogP contribution in [0.25, 0.3) is 17.4 Å². The van der Waals surface area contributed by atoms with E-state index < -0.39 is 5.97 Å². The highest BCUT2D eigenvalue weighted by Crippen LogP contribution is 2.31. The van der Waals surface area contributed by atoms with Gasteiger partial charge in [-0.05, 0) is 76.9 Å². The minimum atomic E-state index is -0.421. The van der Waals surface area contributed by atoms with Gasteiger partial charge in [0.15, 0.2) is 0 Å². The van der Waals surface area contributed by atoms with Crippen molar-refractivity contribution in [3.05, 3.63) is 81.1 Å². The van der Waals surface area contributed by atoms with E-state index in [2.05, 4.69) is 42.5 Å². The Morgan fingerprint density at radius 2 is 1.85 bits per heavy atom. The first kappa shape index (κ1) is 19.4. The van der Waals surface area contributed by atoms with Crippen molar-refractivity contribution in [2.45, 2.75) is 26.7 Å². The quantitative estimate of drug-likeness (QED) is 0.182. The van der Waals surface area contributed by atoms with Crippen molar-refractivity contribution < 1.29 is 13.9 Å². The third kappa shape index (κ3) is 4.89. The Morgan fingerprint density at radius 3 is 2.56 bits per heavy atom. The van der Waals surface area contributed by atoms with Crippen molar-refractivity contribution in [3.8, 4) is 17.1 Å². The van der Waals surface area contributed by atoms with E-state index in [1.54, 1.807) is 6.08 Å². The third-order valence-electron chi connectivity index (χ3n) is 4.19. The molecule has 0 aliphatic carbocycles. The van der Waals surface area contributed by atoms with Gasteiger partial charge in [-0.25, -0.2) is 4.79 Å². The minimum Gasteiger partial charge on any atom is -0.457 e. The Hall–Kier alpha value is -2.34. The summed E-state index contributed by atoms with van der Waals surface area (Å²) < 4.78 is 12.5. The summed E-state index contributed by atoms with van der Waals surface area (Å²) in [6.07, 6.45) is 3.02. The van der Waals surface area contributed by atoms with E-state index in [0.717, 1.165) is 26.0 Å². The molecule has 0 bridgehead atoms. The molecule has 3 rings (SSSR count). The summed E-state index contributed by atoms with van der Waals surface area (Å²) in [7, 11) is 0. The van der Waals surface area contributed by atoms with Crippen molar-refractivity contribution in [2.75, 3.05) is 0 Å². The summed E-state index contributed by atoms with van der Waals surface area (Å²) in [6, 6.07) is 17.6. The summed E-state index contributed by atoms with van der Waals surface area (Å²) in [6.45, 7) is 6.18. The van der Waals surface area contributed by atoms with Gasteiger partial charge in [-0.1, -0.05) is 44.2 Å². The molecule has 0 saturated heterocycles. The molecule has 1 aromatic heterocycles. The molecule has 0 atom stereocenters. The molecule has 2 aromatic carbocycles. The number of benzene rings is 2. The predicted octanol–water partition coefficient (Wildman–Crippen LogP) is 6.60. The van der Waals surface area contributed by atoms with Crippen LogP contribution in [0.1, 0.15) is 36.7 Å². The Labute approximate surface area is 173 Å². The van der Waals surface area contributed by atoms with Crippen LogP contribution in [0.2, 0.25) is 0 Å². The molecule has 3 nitrogen and oxygen atoms in total. The first-order chi connectivity index (χ1) is 12.9. The Kier molecular flexibility index (Phi) is 6.16. The number of halogens is 1. The Bertz CT molecular complexity index is 969. The maximum Gasteiger partial charge on any atom is 0.336 e. The normalized spacial score (nSPS) is 11.3. The van der Waals surface area contributed by atoms with Crippen molar-refractivity contribution in [1.82, 2.24) is 0 Å². The molecule has 4 heteroatoms. The zero-order chi connectivity index (χ0) is 19.4. The van der Waals surface area contributed by atoms with Crippen molar-refractivity contribution in [2.24, 2.45) is 0 Å². The van der Waals surface area contributed by atoms with E-state index in [-0.39, 0.29) is 5.92 Å². The zero-order valence-electron chi connectivity index (χ0n) is 15.5. The number of hydrogen-bond donors (Lipinski definition) is 0. The van der Waals surface area contributed by atoms with Crippen LogP contribution < -0.4 is 4.74 Å². The van der Waals surface area contributed by atoms with Crippen LogP contribution in [0, 0.1) is 10.5 Å². The highest BCUT2D eigenvalue weighted by atomic mass is 127. The number of rotatable bonds is 5. The topological polar surface area (TPSA) is 39.4 Å². The number of carbonyl (C=O) groups is 1. The molecular weight excluding hydrogens is 451 g/mol. The van der Waals surface area contributed by atoms with Crippen LogP contribution in [0.3, 0.4) is 0 Å². The molecule has 3 aromatic rings. The molecule has 0 saturated carbocycles. The summed E-state index contributed by atoms with van der Waals surface area (Å²) in [5.41, 5.74) is 3.11. The fourth-order valence-corrected chi connectivity index (χ4v) is 3.19. The largest absolute Gasteiger partial charge is 0.457 e. The maximum absolute atomic E-state index is 12.3. The fraction of sp³-hybridized carbons (Fsp3) is 0.174. The number of aryl methyl sites for hydroxylation is 1. The molecule has 0 N–H and O–H groups in total. The standard InChI is InChI=1S/C23H21IO3/c1-15(2)19-14-20(24)16(3)13-22(19)27-23(25)12-10-18-9-11-21(26-18)17-7-5-4-6-8-17/h4-15H,1-3H3. The van der Waals surface area contributed by atoms with Gasteiger partial charge < -0.3 is 9.15 Å². The number of hydrogen-bond acceptors (Lipinski definition) is 3. The monoisotopic (exact) mass is 472 g/mol. The van der Waals surface area contributed by atoms with Gasteiger partial charge in [-0.15, -0.1) is 0 Å². The molecule has 0 fully saturated rings. The second-order valence-electron chi connectivity index (χ2n) is 6.62. The van der Waals surface area contributed by atoms with Crippen LogP contribution >= 0.6 is 22.6 Å². The van der Waals surface area contributed by atoms with Crippen molar-refractivity contribution in [1.29, 1.82) is 0 Å². The second kappa shape index (κ2) is 8.57. The smallest absolute Gasteiger partial charge is 0.336 e. The van der Waals surface area contributed by atoms with Crippen molar-refractivity contribution in [3.63, 3.8) is 0 Å². The molecule has 27 heavy (non-hydrogen) atoms. The van der Waals surface area contributed by atoms with Gasteiger partial charge in [0.25, 0.3) is 0 Å². The molecule has 0 amide bonds. The number of carbonyl (C=O) groups excluding carboxylic acids is 1. The molecular formula is C23H21IO3. The lowest BCUT2D eigenvalue weighted by Crippen LogP contribution is -2.07. The second-order valence-corrected chi connectivity index (χ2v) is 7.78. The van der Waals surface area contributed by atoms with E-state index in [1.165, 1.54) is 6.08 Å². The summed E-state index contributed by atoms with van der Waals surface area (Å²) in [4.78, 5) is 12.3. The Morgan fingerprint density at radius 1 is 1.11 bits per heavy atom.